The molecule has 1 aromatic heterocycles. The third-order valence-electron chi connectivity index (χ3n) is 6.86. The Morgan fingerprint density at radius 3 is 2.26 bits per heavy atom. The number of aromatic hydroxyl groups is 4. The molecule has 2 heterocycles. The van der Waals surface area contributed by atoms with Gasteiger partial charge < -0.3 is 39.8 Å². The fraction of sp³-hybridized carbons (Fsp3) is 0.185. The van der Waals surface area contributed by atoms with Crippen LogP contribution in [-0.4, -0.2) is 54.8 Å². The van der Waals surface area contributed by atoms with E-state index in [0.717, 1.165) is 31.2 Å². The van der Waals surface area contributed by atoms with Crippen molar-refractivity contribution in [3.63, 3.8) is 0 Å². The molecule has 2 aliphatic rings. The Balaban J connectivity index is 2.00. The zero-order chi connectivity index (χ0) is 28.5. The van der Waals surface area contributed by atoms with E-state index in [1.807, 2.05) is 0 Å². The number of carbonyl (C=O) groups excluding carboxylic acids is 2. The lowest BCUT2D eigenvalue weighted by molar-refractivity contribution is -0.122. The van der Waals surface area contributed by atoms with Crippen LogP contribution >= 0.6 is 0 Å². The molecule has 39 heavy (non-hydrogen) atoms. The summed E-state index contributed by atoms with van der Waals surface area (Å²) in [5.74, 6) is -6.98. The number of ether oxygens (including phenoxy) is 1. The number of aliphatic hydroxyl groups is 1. The molecule has 200 valence electrons. The van der Waals surface area contributed by atoms with E-state index in [1.165, 1.54) is 6.92 Å². The number of carbonyl (C=O) groups is 3. The maximum atomic E-state index is 13.8. The lowest BCUT2D eigenvalue weighted by Gasteiger charge is -2.42. The molecule has 5 rings (SSSR count). The van der Waals surface area contributed by atoms with Crippen molar-refractivity contribution >= 4 is 39.7 Å². The van der Waals surface area contributed by atoms with Gasteiger partial charge in [0.05, 0.1) is 22.1 Å². The summed E-state index contributed by atoms with van der Waals surface area (Å²) in [7, 11) is 0. The molecule has 3 aromatic rings. The second kappa shape index (κ2) is 8.38. The van der Waals surface area contributed by atoms with Crippen LogP contribution in [0.4, 0.5) is 0 Å². The number of hydrogen-bond acceptors (Lipinski definition) is 11. The van der Waals surface area contributed by atoms with E-state index >= 15 is 0 Å². The molecule has 1 unspecified atom stereocenters. The van der Waals surface area contributed by atoms with Crippen LogP contribution in [-0.2, 0) is 16.0 Å². The van der Waals surface area contributed by atoms with Crippen LogP contribution in [0.5, 0.6) is 28.7 Å². The van der Waals surface area contributed by atoms with Gasteiger partial charge in [0.2, 0.25) is 0 Å². The smallest absolute Gasteiger partial charge is 0.340 e. The molecule has 0 saturated heterocycles. The first-order valence-corrected chi connectivity index (χ1v) is 11.4. The van der Waals surface area contributed by atoms with Crippen molar-refractivity contribution in [1.29, 1.82) is 0 Å². The number of aliphatic hydroxyl groups excluding tert-OH is 1. The second-order valence-corrected chi connectivity index (χ2v) is 9.38. The van der Waals surface area contributed by atoms with Crippen LogP contribution in [0.1, 0.15) is 41.1 Å². The second-order valence-electron chi connectivity index (χ2n) is 9.38. The van der Waals surface area contributed by atoms with E-state index in [-0.39, 0.29) is 39.5 Å². The Morgan fingerprint density at radius 1 is 0.974 bits per heavy atom. The van der Waals surface area contributed by atoms with E-state index in [1.54, 1.807) is 0 Å². The number of ketones is 2. The van der Waals surface area contributed by atoms with Crippen molar-refractivity contribution in [3.05, 3.63) is 62.7 Å². The number of fused-ring (bicyclic) bond motifs is 5. The zero-order valence-corrected chi connectivity index (χ0v) is 20.4. The molecule has 0 spiro atoms. The van der Waals surface area contributed by atoms with Crippen LogP contribution < -0.4 is 10.2 Å². The molecular formula is C27H20O12. The number of hydrogen-bond donors (Lipinski definition) is 6. The van der Waals surface area contributed by atoms with Gasteiger partial charge in [0, 0.05) is 35.8 Å². The number of phenols is 4. The van der Waals surface area contributed by atoms with Gasteiger partial charge in [-0.2, -0.15) is 0 Å². The molecule has 1 aliphatic carbocycles. The Bertz CT molecular complexity index is 1780. The molecule has 0 fully saturated rings. The number of aromatic carboxylic acids is 1. The number of phenolic OH excluding ortho intramolecular Hbond substituents is 3. The number of benzene rings is 2. The Hall–Kier alpha value is -5.26. The molecule has 6 N–H and O–H groups in total. The molecule has 12 nitrogen and oxygen atoms in total. The van der Waals surface area contributed by atoms with Gasteiger partial charge >= 0.3 is 5.97 Å². The highest BCUT2D eigenvalue weighted by atomic mass is 16.5. The summed E-state index contributed by atoms with van der Waals surface area (Å²) in [6, 6.07) is 2.99. The third-order valence-corrected chi connectivity index (χ3v) is 6.86. The van der Waals surface area contributed by atoms with E-state index in [4.69, 9.17) is 9.15 Å². The van der Waals surface area contributed by atoms with Gasteiger partial charge in [0.25, 0.3) is 0 Å². The van der Waals surface area contributed by atoms with Gasteiger partial charge in [-0.05, 0) is 25.5 Å². The van der Waals surface area contributed by atoms with Crippen molar-refractivity contribution in [2.24, 2.45) is 5.41 Å². The van der Waals surface area contributed by atoms with Gasteiger partial charge in [-0.3, -0.25) is 14.4 Å². The molecule has 1 aliphatic heterocycles. The summed E-state index contributed by atoms with van der Waals surface area (Å²) >= 11 is 0. The summed E-state index contributed by atoms with van der Waals surface area (Å²) in [4.78, 5) is 52.6. The summed E-state index contributed by atoms with van der Waals surface area (Å²) in [6.07, 6.45) is 0.393. The average molecular weight is 536 g/mol. The van der Waals surface area contributed by atoms with Crippen LogP contribution in [0.15, 0.2) is 39.2 Å². The first-order valence-electron chi connectivity index (χ1n) is 11.4. The normalized spacial score (nSPS) is 18.2. The average Bonchev–Trinajstić information content (AvgIpc) is 2.84. The van der Waals surface area contributed by atoms with E-state index < -0.39 is 80.9 Å². The lowest BCUT2D eigenvalue weighted by Crippen LogP contribution is -2.46. The zero-order valence-electron chi connectivity index (χ0n) is 20.4. The molecule has 0 bridgehead atoms. The minimum absolute atomic E-state index is 0.00879. The predicted octanol–water partition coefficient (Wildman–Crippen LogP) is 2.78. The highest BCUT2D eigenvalue weighted by molar-refractivity contribution is 6.31. The van der Waals surface area contributed by atoms with Gasteiger partial charge in [0.15, 0.2) is 40.0 Å². The SMILES string of the molecule is CC(=O)C1=C2c3cc(O)c(O)cc3OCC2(C(=O)/C=C(/C)O)Cc2c1oc1cc(O)c(O)c(C(=O)O)c1c2=O. The van der Waals surface area contributed by atoms with E-state index in [9.17, 15) is 49.8 Å². The number of Topliss-reactive ketones (excluding diaryl/α,β-unsaturated/α-hetero) is 1. The highest BCUT2D eigenvalue weighted by Gasteiger charge is 2.53. The summed E-state index contributed by atoms with van der Waals surface area (Å²) < 4.78 is 11.6. The summed E-state index contributed by atoms with van der Waals surface area (Å²) in [5, 5.41) is 59.5. The Morgan fingerprint density at radius 2 is 1.64 bits per heavy atom. The molecule has 2 aromatic carbocycles. The third kappa shape index (κ3) is 3.52. The fourth-order valence-corrected chi connectivity index (χ4v) is 5.21. The topological polar surface area (TPSA) is 212 Å². The standard InChI is InChI=1S/C27H20O12/c1-9(28)3-18(33)27-7-12-23(34)20-17(6-15(32)24(35)21(20)26(36)37)39-25(12)19(10(2)29)22(27)11-4-13(30)14(31)5-16(11)38-8-27/h3-6,28,30-32,35H,7-8H2,1-2H3,(H,36,37)/b9-3-. The Labute approximate surface area is 217 Å². The number of carboxylic acids is 1. The van der Waals surface area contributed by atoms with Crippen LogP contribution in [0.2, 0.25) is 0 Å². The van der Waals surface area contributed by atoms with Crippen LogP contribution in [0, 0.1) is 5.41 Å². The number of rotatable bonds is 4. The molecule has 1 atom stereocenters. The van der Waals surface area contributed by atoms with Crippen molar-refractivity contribution in [3.8, 4) is 28.7 Å². The number of allylic oxidation sites excluding steroid dienone is 3. The molecule has 0 radical (unpaired) electrons. The van der Waals surface area contributed by atoms with Crippen LogP contribution in [0.25, 0.3) is 22.1 Å². The van der Waals surface area contributed by atoms with Gasteiger partial charge in [-0.15, -0.1) is 0 Å². The van der Waals surface area contributed by atoms with Gasteiger partial charge in [-0.25, -0.2) is 4.79 Å². The first kappa shape index (κ1) is 25.4. The van der Waals surface area contributed by atoms with E-state index in [2.05, 4.69) is 0 Å². The van der Waals surface area contributed by atoms with Crippen molar-refractivity contribution < 1.29 is 54.2 Å². The quantitative estimate of drug-likeness (QED) is 0.161. The maximum absolute atomic E-state index is 13.8. The number of carboxylic acid groups (broad SMARTS) is 1. The van der Waals surface area contributed by atoms with Crippen molar-refractivity contribution in [2.75, 3.05) is 6.61 Å². The predicted molar refractivity (Wildman–Crippen MR) is 133 cm³/mol. The molecule has 0 amide bonds. The molecular weight excluding hydrogens is 516 g/mol. The molecule has 0 saturated carbocycles. The van der Waals surface area contributed by atoms with Crippen molar-refractivity contribution in [1.82, 2.24) is 0 Å². The first-order chi connectivity index (χ1) is 18.3. The maximum Gasteiger partial charge on any atom is 0.340 e. The van der Waals surface area contributed by atoms with Crippen molar-refractivity contribution in [2.45, 2.75) is 20.3 Å². The lowest BCUT2D eigenvalue weighted by atomic mass is 9.63. The van der Waals surface area contributed by atoms with E-state index in [0.29, 0.717) is 0 Å². The largest absolute Gasteiger partial charge is 0.512 e. The minimum atomic E-state index is -1.83. The highest BCUT2D eigenvalue weighted by Crippen LogP contribution is 2.55. The minimum Gasteiger partial charge on any atom is -0.512 e. The fourth-order valence-electron chi connectivity index (χ4n) is 5.21. The Kier molecular flexibility index (Phi) is 5.46. The molecule has 12 heteroatoms. The van der Waals surface area contributed by atoms with Gasteiger partial charge in [0.1, 0.15) is 29.3 Å². The summed E-state index contributed by atoms with van der Waals surface area (Å²) in [6.45, 7) is 1.90. The van der Waals surface area contributed by atoms with Gasteiger partial charge in [-0.1, -0.05) is 0 Å². The summed E-state index contributed by atoms with van der Waals surface area (Å²) in [5.41, 5.74) is -4.72. The monoisotopic (exact) mass is 536 g/mol. The van der Waals surface area contributed by atoms with Crippen LogP contribution in [0.3, 0.4) is 0 Å².